The topological polar surface area (TPSA) is 43.4 Å². The molecule has 136 valence electrons. The number of ketones is 2. The Hall–Kier alpha value is -0.743. The van der Waals surface area contributed by atoms with Crippen LogP contribution in [-0.4, -0.2) is 26.0 Å². The predicted octanol–water partition coefficient (Wildman–Crippen LogP) is 4.92. The van der Waals surface area contributed by atoms with Crippen LogP contribution in [0.4, 0.5) is 0 Å². The van der Waals surface area contributed by atoms with E-state index in [0.717, 1.165) is 12.8 Å². The summed E-state index contributed by atoms with van der Waals surface area (Å²) in [7, 11) is -2.02. The standard InChI is InChI=1S/C20H34O3Si/c1-13-12-14(21)16-19(5,6)11-10-15(20(16,7)17(13)22)23-24(8,9)18(2,3)4/h12,15-16H,10-11H2,1-9H3/t15-,16-,20-/m0/s1. The zero-order valence-corrected chi connectivity index (χ0v) is 17.9. The fourth-order valence-corrected chi connectivity index (χ4v) is 5.83. The molecule has 0 heterocycles. The van der Waals surface area contributed by atoms with Crippen molar-refractivity contribution in [2.75, 3.05) is 0 Å². The minimum Gasteiger partial charge on any atom is -0.413 e. The molecule has 0 unspecified atom stereocenters. The molecule has 0 aromatic heterocycles. The van der Waals surface area contributed by atoms with Crippen LogP contribution in [0.3, 0.4) is 0 Å². The van der Waals surface area contributed by atoms with E-state index in [1.165, 1.54) is 0 Å². The second-order valence-electron chi connectivity index (χ2n) is 10.2. The highest BCUT2D eigenvalue weighted by Gasteiger charge is 2.61. The molecule has 2 rings (SSSR count). The predicted molar refractivity (Wildman–Crippen MR) is 100 cm³/mol. The van der Waals surface area contributed by atoms with Gasteiger partial charge in [0.2, 0.25) is 0 Å². The lowest BCUT2D eigenvalue weighted by atomic mass is 9.50. The van der Waals surface area contributed by atoms with E-state index in [1.807, 2.05) is 6.92 Å². The maximum absolute atomic E-state index is 13.2. The van der Waals surface area contributed by atoms with Gasteiger partial charge < -0.3 is 4.43 Å². The molecule has 24 heavy (non-hydrogen) atoms. The third-order valence-electron chi connectivity index (χ3n) is 6.83. The minimum absolute atomic E-state index is 0.0818. The smallest absolute Gasteiger partial charge is 0.192 e. The summed E-state index contributed by atoms with van der Waals surface area (Å²) in [5, 5.41) is 0.0818. The lowest BCUT2D eigenvalue weighted by Crippen LogP contribution is -2.62. The summed E-state index contributed by atoms with van der Waals surface area (Å²) in [6.45, 7) is 19.1. The Morgan fingerprint density at radius 1 is 1.17 bits per heavy atom. The molecule has 3 nitrogen and oxygen atoms in total. The maximum Gasteiger partial charge on any atom is 0.192 e. The molecule has 2 aliphatic rings. The molecule has 2 aliphatic carbocycles. The van der Waals surface area contributed by atoms with E-state index in [9.17, 15) is 9.59 Å². The molecular weight excluding hydrogens is 316 g/mol. The van der Waals surface area contributed by atoms with Crippen LogP contribution in [-0.2, 0) is 14.0 Å². The second-order valence-corrected chi connectivity index (χ2v) is 14.9. The number of allylic oxidation sites excluding steroid dienone is 2. The van der Waals surface area contributed by atoms with Gasteiger partial charge in [-0.2, -0.15) is 0 Å². The number of Topliss-reactive ketones (excluding diaryl/α,β-unsaturated/α-hetero) is 1. The van der Waals surface area contributed by atoms with Gasteiger partial charge in [-0.3, -0.25) is 9.59 Å². The van der Waals surface area contributed by atoms with Crippen molar-refractivity contribution in [3.8, 4) is 0 Å². The lowest BCUT2D eigenvalue weighted by Gasteiger charge is -2.56. The third-order valence-corrected chi connectivity index (χ3v) is 11.3. The van der Waals surface area contributed by atoms with Crippen LogP contribution in [0.25, 0.3) is 0 Å². The molecule has 0 amide bonds. The van der Waals surface area contributed by atoms with Crippen molar-refractivity contribution in [3.05, 3.63) is 11.6 Å². The third kappa shape index (κ3) is 2.86. The SMILES string of the molecule is CC1=CC(=O)[C@H]2C(C)(C)CC[C@H](O[Si](C)(C)C(C)(C)C)[C@]2(C)C1=O. The molecule has 0 bridgehead atoms. The fourth-order valence-electron chi connectivity index (χ4n) is 4.40. The van der Waals surface area contributed by atoms with Gasteiger partial charge in [0.1, 0.15) is 0 Å². The summed E-state index contributed by atoms with van der Waals surface area (Å²) in [4.78, 5) is 26.0. The highest BCUT2D eigenvalue weighted by molar-refractivity contribution is 6.74. The van der Waals surface area contributed by atoms with Crippen LogP contribution in [0.1, 0.15) is 61.3 Å². The molecule has 0 radical (unpaired) electrons. The van der Waals surface area contributed by atoms with Crippen molar-refractivity contribution in [2.24, 2.45) is 16.7 Å². The summed E-state index contributed by atoms with van der Waals surface area (Å²) in [5.41, 5.74) is -0.334. The van der Waals surface area contributed by atoms with Gasteiger partial charge in [-0.15, -0.1) is 0 Å². The summed E-state index contributed by atoms with van der Waals surface area (Å²) in [6.07, 6.45) is 3.15. The number of rotatable bonds is 2. The van der Waals surface area contributed by atoms with E-state index in [-0.39, 0.29) is 34.0 Å². The van der Waals surface area contributed by atoms with Crippen molar-refractivity contribution in [3.63, 3.8) is 0 Å². The molecule has 0 saturated heterocycles. The molecular formula is C20H34O3Si. The number of hydrogen-bond acceptors (Lipinski definition) is 3. The fraction of sp³-hybridized carbons (Fsp3) is 0.800. The van der Waals surface area contributed by atoms with Gasteiger partial charge in [-0.05, 0) is 61.9 Å². The van der Waals surface area contributed by atoms with Crippen molar-refractivity contribution in [2.45, 2.75) is 85.5 Å². The molecule has 4 heteroatoms. The largest absolute Gasteiger partial charge is 0.413 e. The van der Waals surface area contributed by atoms with Gasteiger partial charge >= 0.3 is 0 Å². The first kappa shape index (κ1) is 19.6. The van der Waals surface area contributed by atoms with E-state index >= 15 is 0 Å². The Morgan fingerprint density at radius 3 is 2.21 bits per heavy atom. The van der Waals surface area contributed by atoms with Crippen LogP contribution in [0.2, 0.25) is 18.1 Å². The van der Waals surface area contributed by atoms with E-state index in [4.69, 9.17) is 4.43 Å². The molecule has 1 saturated carbocycles. The average Bonchev–Trinajstić information content (AvgIpc) is 2.38. The van der Waals surface area contributed by atoms with E-state index < -0.39 is 13.7 Å². The molecule has 0 aromatic carbocycles. The molecule has 0 aromatic rings. The maximum atomic E-state index is 13.2. The number of hydrogen-bond donors (Lipinski definition) is 0. The Morgan fingerprint density at radius 2 is 1.71 bits per heavy atom. The Balaban J connectivity index is 2.51. The molecule has 3 atom stereocenters. The van der Waals surface area contributed by atoms with Gasteiger partial charge in [0.15, 0.2) is 19.9 Å². The minimum atomic E-state index is -2.02. The van der Waals surface area contributed by atoms with Crippen molar-refractivity contribution in [1.82, 2.24) is 0 Å². The van der Waals surface area contributed by atoms with Crippen LogP contribution in [0, 0.1) is 16.7 Å². The van der Waals surface area contributed by atoms with Gasteiger partial charge in [0.25, 0.3) is 0 Å². The summed E-state index contributed by atoms with van der Waals surface area (Å²) in [6, 6.07) is 0. The number of carbonyl (C=O) groups excluding carboxylic acids is 2. The van der Waals surface area contributed by atoms with Crippen LogP contribution < -0.4 is 0 Å². The number of fused-ring (bicyclic) bond motifs is 1. The Bertz CT molecular complexity index is 594. The van der Waals surface area contributed by atoms with Crippen LogP contribution in [0.15, 0.2) is 11.6 Å². The van der Waals surface area contributed by atoms with E-state index in [1.54, 1.807) is 13.0 Å². The molecule has 0 spiro atoms. The monoisotopic (exact) mass is 350 g/mol. The van der Waals surface area contributed by atoms with E-state index in [0.29, 0.717) is 5.57 Å². The highest BCUT2D eigenvalue weighted by atomic mass is 28.4. The first-order valence-electron chi connectivity index (χ1n) is 9.09. The molecule has 0 aliphatic heterocycles. The lowest BCUT2D eigenvalue weighted by molar-refractivity contribution is -0.159. The van der Waals surface area contributed by atoms with Crippen LogP contribution >= 0.6 is 0 Å². The average molecular weight is 351 g/mol. The molecule has 1 fully saturated rings. The van der Waals surface area contributed by atoms with Crippen molar-refractivity contribution in [1.29, 1.82) is 0 Å². The highest BCUT2D eigenvalue weighted by Crippen LogP contribution is 2.56. The normalized spacial score (nSPS) is 34.0. The Labute approximate surface area is 148 Å². The van der Waals surface area contributed by atoms with Gasteiger partial charge in [-0.1, -0.05) is 34.6 Å². The van der Waals surface area contributed by atoms with E-state index in [2.05, 4.69) is 47.7 Å². The quantitative estimate of drug-likeness (QED) is 0.664. The molecule has 0 N–H and O–H groups in total. The van der Waals surface area contributed by atoms with Crippen molar-refractivity contribution < 1.29 is 14.0 Å². The van der Waals surface area contributed by atoms with Crippen LogP contribution in [0.5, 0.6) is 0 Å². The summed E-state index contributed by atoms with van der Waals surface area (Å²) in [5.74, 6) is -0.0866. The zero-order chi connectivity index (χ0) is 18.7. The van der Waals surface area contributed by atoms with Gasteiger partial charge in [0, 0.05) is 5.92 Å². The van der Waals surface area contributed by atoms with Gasteiger partial charge in [0.05, 0.1) is 11.5 Å². The number of carbonyl (C=O) groups is 2. The summed E-state index contributed by atoms with van der Waals surface area (Å²) < 4.78 is 6.71. The van der Waals surface area contributed by atoms with Crippen molar-refractivity contribution >= 4 is 19.9 Å². The Kier molecular flexibility index (Phi) is 4.59. The first-order chi connectivity index (χ1) is 10.6. The second kappa shape index (κ2) is 5.63. The van der Waals surface area contributed by atoms with Gasteiger partial charge in [-0.25, -0.2) is 0 Å². The first-order valence-corrected chi connectivity index (χ1v) is 12.0. The summed E-state index contributed by atoms with van der Waals surface area (Å²) >= 11 is 0. The zero-order valence-electron chi connectivity index (χ0n) is 16.9.